The van der Waals surface area contributed by atoms with Crippen molar-refractivity contribution in [2.45, 2.75) is 63.1 Å². The molecule has 0 radical (unpaired) electrons. The standard InChI is InChI=1S/C30H33ClFN5O3/c31-24-13-19(8-11-25(24)32)35-30-23-14-27(28(15-26(23)33-18-34-30)40-22-5-2-1-3-6-22)36-29(38)7-4-12-37-20-9-10-21(37)17-39-16-20/h4,7-8,11,13-15,18,20-22H,1-3,5-6,9-10,12,16-17H2,(H,36,38)(H,33,34,35)/b7-4+. The van der Waals surface area contributed by atoms with Gasteiger partial charge in [-0.05, 0) is 62.8 Å². The number of hydrogen-bond acceptors (Lipinski definition) is 7. The molecule has 2 N–H and O–H groups in total. The minimum Gasteiger partial charge on any atom is -0.488 e. The summed E-state index contributed by atoms with van der Waals surface area (Å²) >= 11 is 5.98. The van der Waals surface area contributed by atoms with Gasteiger partial charge in [0.05, 0.1) is 35.5 Å². The number of amides is 1. The highest BCUT2D eigenvalue weighted by Gasteiger charge is 2.36. The molecule has 0 spiro atoms. The van der Waals surface area contributed by atoms with Gasteiger partial charge < -0.3 is 20.1 Å². The van der Waals surface area contributed by atoms with Gasteiger partial charge >= 0.3 is 0 Å². The first-order valence-corrected chi connectivity index (χ1v) is 14.4. The molecule has 1 amide bonds. The Kier molecular flexibility index (Phi) is 8.13. The van der Waals surface area contributed by atoms with Crippen molar-refractivity contribution < 1.29 is 18.7 Å². The maximum atomic E-state index is 13.7. The third-order valence-corrected chi connectivity index (χ3v) is 8.29. The molecular weight excluding hydrogens is 533 g/mol. The minimum absolute atomic E-state index is 0.0105. The van der Waals surface area contributed by atoms with Crippen LogP contribution in [0.3, 0.4) is 0 Å². The average Bonchev–Trinajstić information content (AvgIpc) is 3.16. The van der Waals surface area contributed by atoms with E-state index in [2.05, 4.69) is 25.5 Å². The van der Waals surface area contributed by atoms with Crippen LogP contribution in [-0.2, 0) is 9.53 Å². The van der Waals surface area contributed by atoms with E-state index >= 15 is 0 Å². The first kappa shape index (κ1) is 26.9. The summed E-state index contributed by atoms with van der Waals surface area (Å²) in [5.41, 5.74) is 1.79. The summed E-state index contributed by atoms with van der Waals surface area (Å²) in [6, 6.07) is 8.93. The average molecular weight is 566 g/mol. The summed E-state index contributed by atoms with van der Waals surface area (Å²) in [5.74, 6) is 0.362. The van der Waals surface area contributed by atoms with Gasteiger partial charge in [-0.3, -0.25) is 9.69 Å². The van der Waals surface area contributed by atoms with Crippen LogP contribution in [0.5, 0.6) is 5.75 Å². The summed E-state index contributed by atoms with van der Waals surface area (Å²) < 4.78 is 25.8. The van der Waals surface area contributed by atoms with E-state index in [9.17, 15) is 9.18 Å². The molecule has 3 heterocycles. The Morgan fingerprint density at radius 1 is 1.10 bits per heavy atom. The van der Waals surface area contributed by atoms with Crippen molar-refractivity contribution in [2.24, 2.45) is 0 Å². The van der Waals surface area contributed by atoms with Gasteiger partial charge in [-0.15, -0.1) is 0 Å². The maximum absolute atomic E-state index is 13.7. The summed E-state index contributed by atoms with van der Waals surface area (Å²) in [6.07, 6.45) is 12.8. The summed E-state index contributed by atoms with van der Waals surface area (Å²) in [6.45, 7) is 2.24. The number of fused-ring (bicyclic) bond motifs is 3. The van der Waals surface area contributed by atoms with Gasteiger partial charge in [0.1, 0.15) is 23.7 Å². The molecule has 2 aliphatic heterocycles. The molecule has 210 valence electrons. The summed E-state index contributed by atoms with van der Waals surface area (Å²) in [4.78, 5) is 24.3. The Balaban J connectivity index is 1.25. The molecule has 8 nitrogen and oxygen atoms in total. The number of anilines is 3. The number of carbonyl (C=O) groups is 1. The van der Waals surface area contributed by atoms with Crippen LogP contribution < -0.4 is 15.4 Å². The number of benzene rings is 2. The van der Waals surface area contributed by atoms with Crippen molar-refractivity contribution in [3.63, 3.8) is 0 Å². The summed E-state index contributed by atoms with van der Waals surface area (Å²) in [5, 5.41) is 6.92. The summed E-state index contributed by atoms with van der Waals surface area (Å²) in [7, 11) is 0. The fraction of sp³-hybridized carbons (Fsp3) is 0.433. The minimum atomic E-state index is -0.497. The number of halogens is 2. The second-order valence-electron chi connectivity index (χ2n) is 10.7. The van der Waals surface area contributed by atoms with Crippen LogP contribution in [0.1, 0.15) is 44.9 Å². The Morgan fingerprint density at radius 3 is 2.67 bits per heavy atom. The fourth-order valence-electron chi connectivity index (χ4n) is 5.92. The van der Waals surface area contributed by atoms with E-state index in [0.717, 1.165) is 58.3 Å². The number of nitrogens with one attached hydrogen (secondary N) is 2. The van der Waals surface area contributed by atoms with Crippen molar-refractivity contribution >= 4 is 45.6 Å². The van der Waals surface area contributed by atoms with Gasteiger partial charge in [-0.25, -0.2) is 14.4 Å². The zero-order chi connectivity index (χ0) is 27.5. The topological polar surface area (TPSA) is 88.6 Å². The molecule has 6 rings (SSSR count). The number of morpholine rings is 1. The van der Waals surface area contributed by atoms with E-state index in [1.54, 1.807) is 12.1 Å². The third kappa shape index (κ3) is 6.06. The molecule has 2 bridgehead atoms. The van der Waals surface area contributed by atoms with E-state index < -0.39 is 5.82 Å². The van der Waals surface area contributed by atoms with Gasteiger partial charge in [-0.1, -0.05) is 24.1 Å². The lowest BCUT2D eigenvalue weighted by molar-refractivity contribution is -0.112. The number of rotatable bonds is 8. The molecular formula is C30H33ClFN5O3. The zero-order valence-electron chi connectivity index (χ0n) is 22.2. The molecule has 10 heteroatoms. The third-order valence-electron chi connectivity index (χ3n) is 8.00. The maximum Gasteiger partial charge on any atom is 0.248 e. The number of hydrogen-bond donors (Lipinski definition) is 2. The molecule has 2 atom stereocenters. The van der Waals surface area contributed by atoms with Crippen LogP contribution in [-0.4, -0.2) is 58.7 Å². The number of carbonyl (C=O) groups excluding carboxylic acids is 1. The lowest BCUT2D eigenvalue weighted by atomic mass is 9.98. The first-order valence-electron chi connectivity index (χ1n) is 14.0. The van der Waals surface area contributed by atoms with Crippen molar-refractivity contribution in [2.75, 3.05) is 30.4 Å². The van der Waals surface area contributed by atoms with Gasteiger partial charge in [0.25, 0.3) is 0 Å². The molecule has 1 aromatic heterocycles. The molecule has 3 fully saturated rings. The lowest BCUT2D eigenvalue weighted by Gasteiger charge is -2.33. The van der Waals surface area contributed by atoms with E-state index in [1.807, 2.05) is 18.2 Å². The Bertz CT molecular complexity index is 1400. The molecule has 1 saturated carbocycles. The van der Waals surface area contributed by atoms with E-state index in [1.165, 1.54) is 24.9 Å². The molecule has 1 aliphatic carbocycles. The van der Waals surface area contributed by atoms with Crippen molar-refractivity contribution in [1.29, 1.82) is 0 Å². The predicted octanol–water partition coefficient (Wildman–Crippen LogP) is 6.24. The van der Waals surface area contributed by atoms with Crippen LogP contribution in [0.2, 0.25) is 5.02 Å². The molecule has 2 aromatic carbocycles. The monoisotopic (exact) mass is 565 g/mol. The fourth-order valence-corrected chi connectivity index (χ4v) is 6.10. The molecule has 2 saturated heterocycles. The molecule has 40 heavy (non-hydrogen) atoms. The van der Waals surface area contributed by atoms with Crippen LogP contribution in [0, 0.1) is 5.82 Å². The van der Waals surface area contributed by atoms with Gasteiger partial charge in [-0.2, -0.15) is 0 Å². The largest absolute Gasteiger partial charge is 0.488 e. The lowest BCUT2D eigenvalue weighted by Crippen LogP contribution is -2.45. The highest BCUT2D eigenvalue weighted by Crippen LogP contribution is 2.36. The smallest absolute Gasteiger partial charge is 0.248 e. The van der Waals surface area contributed by atoms with Crippen LogP contribution in [0.25, 0.3) is 10.9 Å². The quantitative estimate of drug-likeness (QED) is 0.313. The molecule has 2 unspecified atom stereocenters. The van der Waals surface area contributed by atoms with E-state index in [4.69, 9.17) is 21.1 Å². The number of aromatic nitrogens is 2. The van der Waals surface area contributed by atoms with Gasteiger partial charge in [0.2, 0.25) is 5.91 Å². The SMILES string of the molecule is O=C(/C=C/CN1C2CCC1COC2)Nc1cc2c(Nc3ccc(F)c(Cl)c3)ncnc2cc1OC1CCCCC1. The van der Waals surface area contributed by atoms with Gasteiger partial charge in [0.15, 0.2) is 0 Å². The van der Waals surface area contributed by atoms with Crippen molar-refractivity contribution in [3.8, 4) is 5.75 Å². The Labute approximate surface area is 237 Å². The Hall–Kier alpha value is -3.27. The van der Waals surface area contributed by atoms with Crippen molar-refractivity contribution in [1.82, 2.24) is 14.9 Å². The Morgan fingerprint density at radius 2 is 1.90 bits per heavy atom. The van der Waals surface area contributed by atoms with Gasteiger partial charge in [0, 0.05) is 41.8 Å². The predicted molar refractivity (Wildman–Crippen MR) is 154 cm³/mol. The first-order chi connectivity index (χ1) is 19.5. The zero-order valence-corrected chi connectivity index (χ0v) is 23.0. The highest BCUT2D eigenvalue weighted by atomic mass is 35.5. The van der Waals surface area contributed by atoms with E-state index in [-0.39, 0.29) is 17.0 Å². The van der Waals surface area contributed by atoms with Crippen LogP contribution >= 0.6 is 11.6 Å². The second-order valence-corrected chi connectivity index (χ2v) is 11.1. The molecule has 3 aromatic rings. The van der Waals surface area contributed by atoms with Crippen LogP contribution in [0.15, 0.2) is 48.8 Å². The van der Waals surface area contributed by atoms with E-state index in [0.29, 0.717) is 45.9 Å². The number of ether oxygens (including phenoxy) is 2. The molecule has 3 aliphatic rings. The van der Waals surface area contributed by atoms with Crippen molar-refractivity contribution in [3.05, 3.63) is 59.7 Å². The number of nitrogens with zero attached hydrogens (tertiary/aromatic N) is 3. The van der Waals surface area contributed by atoms with Crippen LogP contribution in [0.4, 0.5) is 21.6 Å². The second kappa shape index (κ2) is 12.1. The highest BCUT2D eigenvalue weighted by molar-refractivity contribution is 6.31. The normalized spacial score (nSPS) is 21.6.